The third kappa shape index (κ3) is 4.24. The van der Waals surface area contributed by atoms with Crippen molar-refractivity contribution >= 4 is 29.3 Å². The Morgan fingerprint density at radius 3 is 2.28 bits per heavy atom. The van der Waals surface area contributed by atoms with Gasteiger partial charge < -0.3 is 15.5 Å². The number of pyridine rings is 2. The normalized spacial score (nSPS) is 14.1. The molecule has 3 aromatic heterocycles. The number of aromatic nitrogens is 5. The molecule has 4 rings (SSSR count). The number of rotatable bonds is 4. The van der Waals surface area contributed by atoms with Crippen molar-refractivity contribution < 1.29 is 4.79 Å². The molecule has 2 N–H and O–H groups in total. The Labute approximate surface area is 172 Å². The highest BCUT2D eigenvalue weighted by Crippen LogP contribution is 2.23. The van der Waals surface area contributed by atoms with E-state index in [2.05, 4.69) is 24.9 Å². The lowest BCUT2D eigenvalue weighted by Gasteiger charge is -2.34. The molecule has 0 aromatic carbocycles. The van der Waals surface area contributed by atoms with Gasteiger partial charge in [-0.2, -0.15) is 9.97 Å². The number of piperazine rings is 1. The molecule has 0 aliphatic carbocycles. The van der Waals surface area contributed by atoms with Gasteiger partial charge in [-0.15, -0.1) is 11.6 Å². The average Bonchev–Trinajstić information content (AvgIpc) is 2.79. The van der Waals surface area contributed by atoms with Crippen LogP contribution in [0.1, 0.15) is 0 Å². The summed E-state index contributed by atoms with van der Waals surface area (Å²) in [4.78, 5) is 37.7. The number of halogens is 1. The van der Waals surface area contributed by atoms with Crippen molar-refractivity contribution in [2.75, 3.05) is 42.7 Å². The van der Waals surface area contributed by atoms with Crippen molar-refractivity contribution in [2.24, 2.45) is 0 Å². The van der Waals surface area contributed by atoms with Gasteiger partial charge >= 0.3 is 0 Å². The number of nitrogens with zero attached hydrogens (tertiary/aromatic N) is 7. The molecule has 0 spiro atoms. The SMILES string of the molecule is Nc1ccc(-c2nc(-c3ccncc3)nc(N3CCN(C(=O)CCl)CC3)n2)cn1. The lowest BCUT2D eigenvalue weighted by atomic mass is 10.2. The minimum atomic E-state index is -0.0620. The van der Waals surface area contributed by atoms with Crippen LogP contribution in [0.3, 0.4) is 0 Å². The van der Waals surface area contributed by atoms with Gasteiger partial charge in [-0.25, -0.2) is 9.97 Å². The van der Waals surface area contributed by atoms with Crippen molar-refractivity contribution in [1.82, 2.24) is 29.8 Å². The van der Waals surface area contributed by atoms with Gasteiger partial charge in [0.1, 0.15) is 11.7 Å². The van der Waals surface area contributed by atoms with Gasteiger partial charge in [-0.1, -0.05) is 0 Å². The van der Waals surface area contributed by atoms with Gasteiger partial charge in [0, 0.05) is 55.9 Å². The third-order valence-electron chi connectivity index (χ3n) is 4.64. The molecule has 3 aromatic rings. The minimum absolute atomic E-state index is 0.00770. The quantitative estimate of drug-likeness (QED) is 0.643. The molecule has 29 heavy (non-hydrogen) atoms. The first kappa shape index (κ1) is 19.0. The third-order valence-corrected chi connectivity index (χ3v) is 4.86. The molecule has 10 heteroatoms. The maximum Gasteiger partial charge on any atom is 0.237 e. The topological polar surface area (TPSA) is 114 Å². The van der Waals surface area contributed by atoms with Crippen molar-refractivity contribution in [1.29, 1.82) is 0 Å². The van der Waals surface area contributed by atoms with E-state index in [9.17, 15) is 4.79 Å². The lowest BCUT2D eigenvalue weighted by Crippen LogP contribution is -2.49. The maximum atomic E-state index is 11.8. The van der Waals surface area contributed by atoms with Crippen molar-refractivity contribution in [3.05, 3.63) is 42.9 Å². The number of carbonyl (C=O) groups is 1. The highest BCUT2D eigenvalue weighted by atomic mass is 35.5. The van der Waals surface area contributed by atoms with E-state index in [0.29, 0.717) is 49.6 Å². The number of alkyl halides is 1. The summed E-state index contributed by atoms with van der Waals surface area (Å²) in [5.74, 6) is 1.96. The van der Waals surface area contributed by atoms with E-state index < -0.39 is 0 Å². The largest absolute Gasteiger partial charge is 0.384 e. The summed E-state index contributed by atoms with van der Waals surface area (Å²) in [7, 11) is 0. The van der Waals surface area contributed by atoms with Crippen LogP contribution in [0.25, 0.3) is 22.8 Å². The molecule has 0 radical (unpaired) electrons. The number of nitrogen functional groups attached to an aromatic ring is 1. The summed E-state index contributed by atoms with van der Waals surface area (Å²) in [5.41, 5.74) is 7.28. The van der Waals surface area contributed by atoms with Crippen LogP contribution in [-0.4, -0.2) is 67.8 Å². The lowest BCUT2D eigenvalue weighted by molar-refractivity contribution is -0.128. The van der Waals surface area contributed by atoms with Crippen LogP contribution in [0.4, 0.5) is 11.8 Å². The Balaban J connectivity index is 1.69. The average molecular weight is 411 g/mol. The molecule has 1 aliphatic heterocycles. The number of anilines is 2. The first-order chi connectivity index (χ1) is 14.1. The number of carbonyl (C=O) groups excluding carboxylic acids is 1. The second-order valence-electron chi connectivity index (χ2n) is 6.49. The van der Waals surface area contributed by atoms with Gasteiger partial charge in [-0.05, 0) is 24.3 Å². The van der Waals surface area contributed by atoms with E-state index in [1.165, 1.54) is 0 Å². The molecule has 0 atom stereocenters. The Bertz CT molecular complexity index is 991. The molecular weight excluding hydrogens is 392 g/mol. The zero-order valence-corrected chi connectivity index (χ0v) is 16.3. The molecule has 0 bridgehead atoms. The van der Waals surface area contributed by atoms with E-state index in [-0.39, 0.29) is 11.8 Å². The second-order valence-corrected chi connectivity index (χ2v) is 6.76. The first-order valence-electron chi connectivity index (χ1n) is 9.11. The molecule has 0 unspecified atom stereocenters. The number of nitrogens with two attached hydrogens (primary N) is 1. The van der Waals surface area contributed by atoms with Gasteiger partial charge in [0.2, 0.25) is 11.9 Å². The van der Waals surface area contributed by atoms with Crippen LogP contribution in [0.5, 0.6) is 0 Å². The summed E-state index contributed by atoms with van der Waals surface area (Å²) in [6, 6.07) is 7.23. The Morgan fingerprint density at radius 2 is 1.66 bits per heavy atom. The molecule has 1 fully saturated rings. The van der Waals surface area contributed by atoms with Crippen molar-refractivity contribution in [3.8, 4) is 22.8 Å². The highest BCUT2D eigenvalue weighted by molar-refractivity contribution is 6.27. The van der Waals surface area contributed by atoms with Crippen LogP contribution in [0.2, 0.25) is 0 Å². The summed E-state index contributed by atoms with van der Waals surface area (Å²) in [5, 5.41) is 0. The predicted molar refractivity (Wildman–Crippen MR) is 110 cm³/mol. The van der Waals surface area contributed by atoms with Gasteiger partial charge in [0.15, 0.2) is 11.6 Å². The van der Waals surface area contributed by atoms with Crippen molar-refractivity contribution in [2.45, 2.75) is 0 Å². The summed E-state index contributed by atoms with van der Waals surface area (Å²) in [6.07, 6.45) is 5.03. The fourth-order valence-electron chi connectivity index (χ4n) is 3.04. The van der Waals surface area contributed by atoms with Gasteiger partial charge in [0.25, 0.3) is 0 Å². The first-order valence-corrected chi connectivity index (χ1v) is 9.64. The van der Waals surface area contributed by atoms with E-state index in [1.807, 2.05) is 23.1 Å². The standard InChI is InChI=1S/C19H19ClN8O/c20-11-16(29)27-7-9-28(10-8-27)19-25-17(13-3-5-22-6-4-13)24-18(26-19)14-1-2-15(21)23-12-14/h1-6,12H,7-11H2,(H2,21,23). The zero-order chi connectivity index (χ0) is 20.2. The Hall–Kier alpha value is -3.33. The molecule has 0 saturated carbocycles. The zero-order valence-electron chi connectivity index (χ0n) is 15.6. The number of hydrogen-bond acceptors (Lipinski definition) is 8. The second kappa shape index (κ2) is 8.36. The molecule has 1 amide bonds. The summed E-state index contributed by atoms with van der Waals surface area (Å²) in [6.45, 7) is 2.37. The Kier molecular flexibility index (Phi) is 5.48. The summed E-state index contributed by atoms with van der Waals surface area (Å²) >= 11 is 5.67. The highest BCUT2D eigenvalue weighted by Gasteiger charge is 2.23. The fraction of sp³-hybridized carbons (Fsp3) is 0.263. The molecule has 1 saturated heterocycles. The smallest absolute Gasteiger partial charge is 0.237 e. The fourth-order valence-corrected chi connectivity index (χ4v) is 3.21. The molecule has 1 aliphatic rings. The number of amides is 1. The van der Waals surface area contributed by atoms with Crippen LogP contribution in [0, 0.1) is 0 Å². The molecule has 9 nitrogen and oxygen atoms in total. The van der Waals surface area contributed by atoms with E-state index in [0.717, 1.165) is 11.1 Å². The van der Waals surface area contributed by atoms with Crippen LogP contribution >= 0.6 is 11.6 Å². The Morgan fingerprint density at radius 1 is 0.966 bits per heavy atom. The van der Waals surface area contributed by atoms with Crippen LogP contribution in [0.15, 0.2) is 42.9 Å². The van der Waals surface area contributed by atoms with Crippen molar-refractivity contribution in [3.63, 3.8) is 0 Å². The monoisotopic (exact) mass is 410 g/mol. The minimum Gasteiger partial charge on any atom is -0.384 e. The summed E-state index contributed by atoms with van der Waals surface area (Å²) < 4.78 is 0. The van der Waals surface area contributed by atoms with Crippen LogP contribution < -0.4 is 10.6 Å². The molecular formula is C19H19ClN8O. The number of hydrogen-bond donors (Lipinski definition) is 1. The molecule has 4 heterocycles. The van der Waals surface area contributed by atoms with Gasteiger partial charge in [0.05, 0.1) is 0 Å². The van der Waals surface area contributed by atoms with Gasteiger partial charge in [-0.3, -0.25) is 9.78 Å². The van der Waals surface area contributed by atoms with E-state index in [4.69, 9.17) is 17.3 Å². The van der Waals surface area contributed by atoms with E-state index >= 15 is 0 Å². The molecule has 148 valence electrons. The van der Waals surface area contributed by atoms with Crippen LogP contribution in [-0.2, 0) is 4.79 Å². The van der Waals surface area contributed by atoms with E-state index in [1.54, 1.807) is 29.6 Å². The predicted octanol–water partition coefficient (Wildman–Crippen LogP) is 1.47. The maximum absolute atomic E-state index is 11.8.